The van der Waals surface area contributed by atoms with Crippen LogP contribution in [0.5, 0.6) is 11.5 Å². The minimum atomic E-state index is 0.0234. The number of rotatable bonds is 3. The normalized spacial score (nSPS) is 12.2. The molecule has 18 heavy (non-hydrogen) atoms. The van der Waals surface area contributed by atoms with Crippen molar-refractivity contribution in [1.82, 2.24) is 0 Å². The smallest absolute Gasteiger partial charge is 0.146 e. The van der Waals surface area contributed by atoms with E-state index in [-0.39, 0.29) is 6.04 Å². The van der Waals surface area contributed by atoms with E-state index in [1.165, 1.54) is 0 Å². The summed E-state index contributed by atoms with van der Waals surface area (Å²) >= 11 is 9.44. The summed E-state index contributed by atoms with van der Waals surface area (Å²) < 4.78 is 6.63. The predicted molar refractivity (Wildman–Crippen MR) is 78.3 cm³/mol. The lowest BCUT2D eigenvalue weighted by Crippen LogP contribution is -2.04. The van der Waals surface area contributed by atoms with Gasteiger partial charge in [-0.15, -0.1) is 0 Å². The molecule has 0 aliphatic carbocycles. The van der Waals surface area contributed by atoms with Gasteiger partial charge in [0.1, 0.15) is 11.5 Å². The Hall–Kier alpha value is -1.03. The van der Waals surface area contributed by atoms with Crippen molar-refractivity contribution in [1.29, 1.82) is 0 Å². The van der Waals surface area contributed by atoms with Crippen LogP contribution in [0.15, 0.2) is 46.9 Å². The van der Waals surface area contributed by atoms with E-state index in [9.17, 15) is 0 Å². The Morgan fingerprint density at radius 3 is 2.39 bits per heavy atom. The summed E-state index contributed by atoms with van der Waals surface area (Å²) in [5.74, 6) is 1.37. The lowest BCUT2D eigenvalue weighted by molar-refractivity contribution is 0.482. The van der Waals surface area contributed by atoms with Crippen molar-refractivity contribution in [3.8, 4) is 11.5 Å². The summed E-state index contributed by atoms with van der Waals surface area (Å²) in [6, 6.07) is 13.2. The van der Waals surface area contributed by atoms with E-state index in [4.69, 9.17) is 22.1 Å². The molecule has 0 aliphatic rings. The van der Waals surface area contributed by atoms with Gasteiger partial charge in [-0.05, 0) is 42.8 Å². The lowest BCUT2D eigenvalue weighted by atomic mass is 10.1. The second-order valence-electron chi connectivity index (χ2n) is 4.03. The molecule has 2 rings (SSSR count). The zero-order valence-electron chi connectivity index (χ0n) is 9.86. The maximum absolute atomic E-state index is 6.09. The fourth-order valence-corrected chi connectivity index (χ4v) is 2.24. The zero-order chi connectivity index (χ0) is 13.1. The third-order valence-corrected chi connectivity index (χ3v) is 3.32. The van der Waals surface area contributed by atoms with Gasteiger partial charge in [0.15, 0.2) is 0 Å². The van der Waals surface area contributed by atoms with Gasteiger partial charge >= 0.3 is 0 Å². The Morgan fingerprint density at radius 2 is 1.83 bits per heavy atom. The van der Waals surface area contributed by atoms with Crippen LogP contribution >= 0.6 is 27.5 Å². The van der Waals surface area contributed by atoms with E-state index in [2.05, 4.69) is 15.9 Å². The molecule has 0 amide bonds. The van der Waals surface area contributed by atoms with Gasteiger partial charge < -0.3 is 10.5 Å². The first kappa shape index (κ1) is 13.4. The van der Waals surface area contributed by atoms with Gasteiger partial charge in [0.2, 0.25) is 0 Å². The van der Waals surface area contributed by atoms with Gasteiger partial charge in [-0.3, -0.25) is 0 Å². The standard InChI is InChI=1S/C14H13BrClNO/c1-9(17)10-2-5-12(6-3-10)18-14-7-4-11(15)8-13(14)16/h2-9H,17H2,1H3. The van der Waals surface area contributed by atoms with Crippen LogP contribution in [0.3, 0.4) is 0 Å². The molecule has 0 heterocycles. The second-order valence-corrected chi connectivity index (χ2v) is 5.36. The fourth-order valence-electron chi connectivity index (χ4n) is 1.52. The van der Waals surface area contributed by atoms with Crippen LogP contribution in [0.25, 0.3) is 0 Å². The predicted octanol–water partition coefficient (Wildman–Crippen LogP) is 4.91. The Labute approximate surface area is 120 Å². The third-order valence-electron chi connectivity index (χ3n) is 2.53. The lowest BCUT2D eigenvalue weighted by Gasteiger charge is -2.10. The molecule has 2 N–H and O–H groups in total. The van der Waals surface area contributed by atoms with Crippen molar-refractivity contribution < 1.29 is 4.74 Å². The Balaban J connectivity index is 2.18. The molecule has 0 radical (unpaired) electrons. The van der Waals surface area contributed by atoms with Gasteiger partial charge in [0.05, 0.1) is 5.02 Å². The fraction of sp³-hybridized carbons (Fsp3) is 0.143. The first-order valence-corrected chi connectivity index (χ1v) is 6.72. The topological polar surface area (TPSA) is 35.2 Å². The third kappa shape index (κ3) is 3.25. The van der Waals surface area contributed by atoms with Crippen molar-refractivity contribution in [3.63, 3.8) is 0 Å². The monoisotopic (exact) mass is 325 g/mol. The van der Waals surface area contributed by atoms with E-state index >= 15 is 0 Å². The summed E-state index contributed by atoms with van der Waals surface area (Å²) in [6.07, 6.45) is 0. The maximum Gasteiger partial charge on any atom is 0.146 e. The number of nitrogens with two attached hydrogens (primary N) is 1. The molecule has 1 unspecified atom stereocenters. The highest BCUT2D eigenvalue weighted by atomic mass is 79.9. The molecule has 0 saturated carbocycles. The van der Waals surface area contributed by atoms with Crippen molar-refractivity contribution in [2.45, 2.75) is 13.0 Å². The zero-order valence-corrected chi connectivity index (χ0v) is 12.2. The molecular weight excluding hydrogens is 314 g/mol. The summed E-state index contributed by atoms with van der Waals surface area (Å²) in [5, 5.41) is 0.570. The van der Waals surface area contributed by atoms with Crippen molar-refractivity contribution in [3.05, 3.63) is 57.5 Å². The summed E-state index contributed by atoms with van der Waals surface area (Å²) in [4.78, 5) is 0. The molecule has 0 aliphatic heterocycles. The average molecular weight is 327 g/mol. The molecule has 1 atom stereocenters. The highest BCUT2D eigenvalue weighted by Crippen LogP contribution is 2.31. The molecular formula is C14H13BrClNO. The molecule has 0 saturated heterocycles. The summed E-state index contributed by atoms with van der Waals surface area (Å²) in [5.41, 5.74) is 6.86. The average Bonchev–Trinajstić information content (AvgIpc) is 2.33. The largest absolute Gasteiger partial charge is 0.456 e. The molecule has 2 aromatic carbocycles. The minimum absolute atomic E-state index is 0.0234. The number of ether oxygens (including phenoxy) is 1. The van der Waals surface area contributed by atoms with E-state index < -0.39 is 0 Å². The highest BCUT2D eigenvalue weighted by Gasteiger charge is 2.04. The number of hydrogen-bond acceptors (Lipinski definition) is 2. The quantitative estimate of drug-likeness (QED) is 0.869. The molecule has 2 aromatic rings. The van der Waals surface area contributed by atoms with Crippen LogP contribution in [-0.2, 0) is 0 Å². The van der Waals surface area contributed by atoms with Crippen LogP contribution < -0.4 is 10.5 Å². The van der Waals surface area contributed by atoms with Crippen LogP contribution in [0, 0.1) is 0 Å². The van der Waals surface area contributed by atoms with Gasteiger partial charge in [0.25, 0.3) is 0 Å². The van der Waals surface area contributed by atoms with Gasteiger partial charge in [0, 0.05) is 10.5 Å². The van der Waals surface area contributed by atoms with Crippen LogP contribution in [0.4, 0.5) is 0 Å². The molecule has 4 heteroatoms. The Kier molecular flexibility index (Phi) is 4.27. The number of hydrogen-bond donors (Lipinski definition) is 1. The van der Waals surface area contributed by atoms with Crippen molar-refractivity contribution in [2.24, 2.45) is 5.73 Å². The second kappa shape index (κ2) is 5.74. The van der Waals surface area contributed by atoms with Gasteiger partial charge in [-0.25, -0.2) is 0 Å². The van der Waals surface area contributed by atoms with Crippen LogP contribution in [0.2, 0.25) is 5.02 Å². The summed E-state index contributed by atoms with van der Waals surface area (Å²) in [7, 11) is 0. The Bertz CT molecular complexity index is 540. The van der Waals surface area contributed by atoms with Crippen LogP contribution in [-0.4, -0.2) is 0 Å². The SMILES string of the molecule is CC(N)c1ccc(Oc2ccc(Br)cc2Cl)cc1. The van der Waals surface area contributed by atoms with E-state index in [1.54, 1.807) is 6.07 Å². The highest BCUT2D eigenvalue weighted by molar-refractivity contribution is 9.10. The number of halogens is 2. The molecule has 0 bridgehead atoms. The molecule has 0 aromatic heterocycles. The van der Waals surface area contributed by atoms with E-state index in [1.807, 2.05) is 43.3 Å². The first-order chi connectivity index (χ1) is 8.56. The van der Waals surface area contributed by atoms with Crippen molar-refractivity contribution >= 4 is 27.5 Å². The molecule has 94 valence electrons. The number of benzene rings is 2. The van der Waals surface area contributed by atoms with Gasteiger partial charge in [-0.1, -0.05) is 39.7 Å². The Morgan fingerprint density at radius 1 is 1.17 bits per heavy atom. The van der Waals surface area contributed by atoms with Crippen molar-refractivity contribution in [2.75, 3.05) is 0 Å². The first-order valence-electron chi connectivity index (χ1n) is 5.54. The summed E-state index contributed by atoms with van der Waals surface area (Å²) in [6.45, 7) is 1.95. The van der Waals surface area contributed by atoms with Crippen LogP contribution in [0.1, 0.15) is 18.5 Å². The maximum atomic E-state index is 6.09. The molecule has 0 spiro atoms. The minimum Gasteiger partial charge on any atom is -0.456 e. The molecule has 0 fully saturated rings. The van der Waals surface area contributed by atoms with Gasteiger partial charge in [-0.2, -0.15) is 0 Å². The van der Waals surface area contributed by atoms with E-state index in [0.29, 0.717) is 10.8 Å². The molecule has 2 nitrogen and oxygen atoms in total. The van der Waals surface area contributed by atoms with E-state index in [0.717, 1.165) is 15.8 Å².